The molecule has 6 heteroatoms. The molecule has 0 aliphatic rings. The fourth-order valence-electron chi connectivity index (χ4n) is 1.36. The Balaban J connectivity index is 2.99. The number of sulfonamides is 1. The van der Waals surface area contributed by atoms with E-state index in [0.717, 1.165) is 5.56 Å². The lowest BCUT2D eigenvalue weighted by molar-refractivity contribution is 0.244. The van der Waals surface area contributed by atoms with Crippen LogP contribution in [0.3, 0.4) is 0 Å². The molecule has 0 aliphatic carbocycles. The zero-order chi connectivity index (χ0) is 12.4. The SMILES string of the molecule is CC(C)(C)N(Cc1ccsc1)S(=O)(=O)CCl. The van der Waals surface area contributed by atoms with Gasteiger partial charge in [0.15, 0.2) is 0 Å². The molecular weight excluding hydrogens is 266 g/mol. The van der Waals surface area contributed by atoms with Crippen LogP contribution < -0.4 is 0 Å². The highest BCUT2D eigenvalue weighted by atomic mass is 35.5. The van der Waals surface area contributed by atoms with Gasteiger partial charge < -0.3 is 0 Å². The summed E-state index contributed by atoms with van der Waals surface area (Å²) < 4.78 is 25.2. The van der Waals surface area contributed by atoms with Crippen LogP contribution in [-0.2, 0) is 16.6 Å². The number of nitrogens with zero attached hydrogens (tertiary/aromatic N) is 1. The van der Waals surface area contributed by atoms with Crippen molar-refractivity contribution in [2.45, 2.75) is 32.9 Å². The van der Waals surface area contributed by atoms with Gasteiger partial charge in [0.2, 0.25) is 10.0 Å². The molecular formula is C10H16ClNO2S2. The van der Waals surface area contributed by atoms with Crippen molar-refractivity contribution in [3.63, 3.8) is 0 Å². The summed E-state index contributed by atoms with van der Waals surface area (Å²) >= 11 is 7.06. The Kier molecular flexibility index (Phi) is 4.40. The third-order valence-electron chi connectivity index (χ3n) is 2.13. The lowest BCUT2D eigenvalue weighted by atomic mass is 10.1. The monoisotopic (exact) mass is 281 g/mol. The predicted octanol–water partition coefficient (Wildman–Crippen LogP) is 2.87. The number of halogens is 1. The van der Waals surface area contributed by atoms with Crippen molar-refractivity contribution < 1.29 is 8.42 Å². The van der Waals surface area contributed by atoms with Gasteiger partial charge in [-0.1, -0.05) is 0 Å². The van der Waals surface area contributed by atoms with Gasteiger partial charge >= 0.3 is 0 Å². The van der Waals surface area contributed by atoms with E-state index in [1.165, 1.54) is 4.31 Å². The van der Waals surface area contributed by atoms with Crippen molar-refractivity contribution >= 4 is 33.0 Å². The summed E-state index contributed by atoms with van der Waals surface area (Å²) in [4.78, 5) is 0. The second-order valence-electron chi connectivity index (χ2n) is 4.53. The van der Waals surface area contributed by atoms with E-state index in [-0.39, 0.29) is 5.21 Å². The standard InChI is InChI=1S/C10H16ClNO2S2/c1-10(2,3)12(16(13,14)8-11)6-9-4-5-15-7-9/h4-5,7H,6,8H2,1-3H3. The summed E-state index contributed by atoms with van der Waals surface area (Å²) in [6.45, 7) is 5.97. The third kappa shape index (κ3) is 3.45. The molecule has 0 unspecified atom stereocenters. The quantitative estimate of drug-likeness (QED) is 0.796. The molecule has 3 nitrogen and oxygen atoms in total. The molecule has 0 aliphatic heterocycles. The first-order chi connectivity index (χ1) is 7.27. The Morgan fingerprint density at radius 3 is 2.44 bits per heavy atom. The van der Waals surface area contributed by atoms with Gasteiger partial charge in [0.05, 0.1) is 0 Å². The van der Waals surface area contributed by atoms with Crippen molar-refractivity contribution in [3.8, 4) is 0 Å². The minimum Gasteiger partial charge on any atom is -0.211 e. The van der Waals surface area contributed by atoms with Crippen molar-refractivity contribution in [1.29, 1.82) is 0 Å². The van der Waals surface area contributed by atoms with Gasteiger partial charge in [-0.3, -0.25) is 0 Å². The highest BCUT2D eigenvalue weighted by Gasteiger charge is 2.31. The summed E-state index contributed by atoms with van der Waals surface area (Å²) in [5.41, 5.74) is 0.531. The van der Waals surface area contributed by atoms with Crippen LogP contribution in [0.25, 0.3) is 0 Å². The van der Waals surface area contributed by atoms with E-state index >= 15 is 0 Å². The third-order valence-corrected chi connectivity index (χ3v) is 5.31. The molecule has 0 fully saturated rings. The molecule has 1 heterocycles. The van der Waals surface area contributed by atoms with Crippen LogP contribution in [0, 0.1) is 0 Å². The minimum absolute atomic E-state index is 0.377. The Bertz CT molecular complexity index is 420. The molecule has 0 aromatic carbocycles. The smallest absolute Gasteiger partial charge is 0.211 e. The molecule has 0 atom stereocenters. The number of hydrogen-bond acceptors (Lipinski definition) is 3. The molecule has 0 radical (unpaired) electrons. The molecule has 16 heavy (non-hydrogen) atoms. The lowest BCUT2D eigenvalue weighted by Crippen LogP contribution is -2.45. The van der Waals surface area contributed by atoms with Gasteiger partial charge in [0.25, 0.3) is 0 Å². The van der Waals surface area contributed by atoms with Gasteiger partial charge in [-0.25, -0.2) is 8.42 Å². The van der Waals surface area contributed by atoms with E-state index < -0.39 is 15.6 Å². The fraction of sp³-hybridized carbons (Fsp3) is 0.600. The number of rotatable bonds is 4. The zero-order valence-corrected chi connectivity index (χ0v) is 12.0. The van der Waals surface area contributed by atoms with Gasteiger partial charge in [0, 0.05) is 12.1 Å². The van der Waals surface area contributed by atoms with E-state index in [0.29, 0.717) is 6.54 Å². The summed E-state index contributed by atoms with van der Waals surface area (Å²) in [6.07, 6.45) is 0. The van der Waals surface area contributed by atoms with Crippen molar-refractivity contribution in [2.75, 3.05) is 5.21 Å². The Hall–Kier alpha value is -0.100. The van der Waals surface area contributed by atoms with E-state index in [1.54, 1.807) is 11.3 Å². The van der Waals surface area contributed by atoms with Gasteiger partial charge in [-0.05, 0) is 43.2 Å². The van der Waals surface area contributed by atoms with E-state index in [4.69, 9.17) is 11.6 Å². The molecule has 0 saturated carbocycles. The first-order valence-electron chi connectivity index (χ1n) is 4.85. The molecule has 0 saturated heterocycles. The number of thiophene rings is 1. The molecule has 0 bridgehead atoms. The maximum absolute atomic E-state index is 11.9. The van der Waals surface area contributed by atoms with Gasteiger partial charge in [-0.2, -0.15) is 15.6 Å². The second kappa shape index (κ2) is 5.04. The van der Waals surface area contributed by atoms with Crippen LogP contribution in [0.15, 0.2) is 16.8 Å². The molecule has 0 spiro atoms. The average Bonchev–Trinajstić information content (AvgIpc) is 2.64. The molecule has 1 rings (SSSR count). The van der Waals surface area contributed by atoms with Crippen LogP contribution in [0.5, 0.6) is 0 Å². The second-order valence-corrected chi connectivity index (χ2v) is 7.79. The number of hydrogen-bond donors (Lipinski definition) is 0. The normalized spacial score (nSPS) is 13.3. The van der Waals surface area contributed by atoms with Crippen LogP contribution in [-0.4, -0.2) is 23.5 Å². The van der Waals surface area contributed by atoms with Crippen LogP contribution in [0.2, 0.25) is 0 Å². The molecule has 0 N–H and O–H groups in total. The Labute approximate surface area is 106 Å². The molecule has 0 amide bonds. The minimum atomic E-state index is -3.39. The highest BCUT2D eigenvalue weighted by molar-refractivity contribution is 7.90. The molecule has 1 aromatic heterocycles. The van der Waals surface area contributed by atoms with Gasteiger partial charge in [-0.15, -0.1) is 11.6 Å². The largest absolute Gasteiger partial charge is 0.228 e. The maximum atomic E-state index is 11.9. The first-order valence-corrected chi connectivity index (χ1v) is 7.93. The lowest BCUT2D eigenvalue weighted by Gasteiger charge is -2.33. The zero-order valence-electron chi connectivity index (χ0n) is 9.60. The van der Waals surface area contributed by atoms with E-state index in [9.17, 15) is 8.42 Å². The Morgan fingerprint density at radius 1 is 1.44 bits per heavy atom. The van der Waals surface area contributed by atoms with Crippen molar-refractivity contribution in [1.82, 2.24) is 4.31 Å². The summed E-state index contributed by atoms with van der Waals surface area (Å²) in [5, 5.41) is 3.50. The summed E-state index contributed by atoms with van der Waals surface area (Å²) in [6, 6.07) is 1.92. The summed E-state index contributed by atoms with van der Waals surface area (Å²) in [5.74, 6) is 0. The predicted molar refractivity (Wildman–Crippen MR) is 69.3 cm³/mol. The highest BCUT2D eigenvalue weighted by Crippen LogP contribution is 2.23. The van der Waals surface area contributed by atoms with Crippen LogP contribution in [0.4, 0.5) is 0 Å². The van der Waals surface area contributed by atoms with E-state index in [1.807, 2.05) is 37.6 Å². The van der Waals surface area contributed by atoms with Crippen molar-refractivity contribution in [2.24, 2.45) is 0 Å². The van der Waals surface area contributed by atoms with Crippen LogP contribution in [0.1, 0.15) is 26.3 Å². The first kappa shape index (κ1) is 14.0. The van der Waals surface area contributed by atoms with Crippen molar-refractivity contribution in [3.05, 3.63) is 22.4 Å². The molecule has 92 valence electrons. The van der Waals surface area contributed by atoms with Crippen LogP contribution >= 0.6 is 22.9 Å². The molecule has 1 aromatic rings. The average molecular weight is 282 g/mol. The summed E-state index contributed by atoms with van der Waals surface area (Å²) in [7, 11) is -3.39. The fourth-order valence-corrected chi connectivity index (χ4v) is 3.67. The Morgan fingerprint density at radius 2 is 2.06 bits per heavy atom. The van der Waals surface area contributed by atoms with Gasteiger partial charge in [0.1, 0.15) is 5.21 Å². The topological polar surface area (TPSA) is 37.4 Å². The maximum Gasteiger partial charge on any atom is 0.228 e. The van der Waals surface area contributed by atoms with E-state index in [2.05, 4.69) is 0 Å². The number of alkyl halides is 1.